The number of hydrogen-bond acceptors (Lipinski definition) is 3. The quantitative estimate of drug-likeness (QED) is 0.511. The maximum absolute atomic E-state index is 12.9. The van der Waals surface area contributed by atoms with E-state index in [0.29, 0.717) is 11.3 Å². The van der Waals surface area contributed by atoms with Crippen LogP contribution >= 0.6 is 0 Å². The average Bonchev–Trinajstić information content (AvgIpc) is 3.22. The summed E-state index contributed by atoms with van der Waals surface area (Å²) >= 11 is 0. The molecule has 0 spiro atoms. The molecule has 6 heteroatoms. The van der Waals surface area contributed by atoms with Crippen LogP contribution in [0, 0.1) is 0 Å². The van der Waals surface area contributed by atoms with Crippen molar-refractivity contribution >= 4 is 28.5 Å². The van der Waals surface area contributed by atoms with Crippen molar-refractivity contribution in [1.82, 2.24) is 14.5 Å². The van der Waals surface area contributed by atoms with Gasteiger partial charge in [-0.1, -0.05) is 24.3 Å². The highest BCUT2D eigenvalue weighted by molar-refractivity contribution is 5.95. The van der Waals surface area contributed by atoms with Crippen molar-refractivity contribution in [2.24, 2.45) is 0 Å². The molecule has 1 N–H and O–H groups in total. The van der Waals surface area contributed by atoms with Crippen molar-refractivity contribution in [3.63, 3.8) is 0 Å². The Morgan fingerprint density at radius 3 is 2.32 bits per heavy atom. The van der Waals surface area contributed by atoms with E-state index in [0.717, 1.165) is 22.3 Å². The lowest BCUT2D eigenvalue weighted by Crippen LogP contribution is -2.29. The Bertz CT molecular complexity index is 1230. The molecule has 1 aromatic heterocycles. The van der Waals surface area contributed by atoms with Gasteiger partial charge in [0.1, 0.15) is 6.33 Å². The number of carbonyl (C=O) groups excluding carboxylic acids is 2. The Labute approximate surface area is 181 Å². The lowest BCUT2D eigenvalue weighted by atomic mass is 10.1. The molecule has 0 fully saturated rings. The zero-order valence-corrected chi connectivity index (χ0v) is 17.7. The molecule has 0 aliphatic carbocycles. The van der Waals surface area contributed by atoms with Gasteiger partial charge in [0, 0.05) is 30.9 Å². The third-order valence-corrected chi connectivity index (χ3v) is 5.46. The number of carbonyl (C=O) groups is 2. The molecule has 4 aromatic rings. The molecule has 0 unspecified atom stereocenters. The van der Waals surface area contributed by atoms with Crippen LogP contribution in [-0.2, 0) is 4.79 Å². The molecule has 2 amide bonds. The van der Waals surface area contributed by atoms with Gasteiger partial charge in [-0.25, -0.2) is 4.98 Å². The number of para-hydroxylation sites is 2. The largest absolute Gasteiger partial charge is 0.335 e. The lowest BCUT2D eigenvalue weighted by molar-refractivity contribution is -0.114. The molecule has 3 aromatic carbocycles. The van der Waals surface area contributed by atoms with E-state index in [-0.39, 0.29) is 17.9 Å². The first-order valence-electron chi connectivity index (χ1n) is 10.1. The van der Waals surface area contributed by atoms with Gasteiger partial charge in [0.2, 0.25) is 5.91 Å². The maximum Gasteiger partial charge on any atom is 0.254 e. The number of amides is 2. The summed E-state index contributed by atoms with van der Waals surface area (Å²) < 4.78 is 2.05. The Kier molecular flexibility index (Phi) is 5.54. The molecule has 0 saturated heterocycles. The number of rotatable bonds is 5. The fourth-order valence-electron chi connectivity index (χ4n) is 3.58. The van der Waals surface area contributed by atoms with Gasteiger partial charge in [-0.05, 0) is 61.0 Å². The zero-order valence-electron chi connectivity index (χ0n) is 17.7. The van der Waals surface area contributed by atoms with Crippen LogP contribution in [0.15, 0.2) is 79.1 Å². The van der Waals surface area contributed by atoms with Crippen molar-refractivity contribution < 1.29 is 9.59 Å². The first kappa shape index (κ1) is 20.3. The number of nitrogens with zero attached hydrogens (tertiary/aromatic N) is 3. The number of fused-ring (bicyclic) bond motifs is 1. The van der Waals surface area contributed by atoms with E-state index in [4.69, 9.17) is 0 Å². The van der Waals surface area contributed by atoms with Crippen LogP contribution < -0.4 is 5.32 Å². The molecular formula is C25H24N4O2. The predicted molar refractivity (Wildman–Crippen MR) is 122 cm³/mol. The van der Waals surface area contributed by atoms with E-state index < -0.39 is 0 Å². The number of nitrogens with one attached hydrogen (secondary N) is 1. The summed E-state index contributed by atoms with van der Waals surface area (Å²) in [5.74, 6) is -0.219. The van der Waals surface area contributed by atoms with E-state index in [1.165, 1.54) is 6.92 Å². The smallest absolute Gasteiger partial charge is 0.254 e. The maximum atomic E-state index is 12.9. The molecule has 1 atom stereocenters. The Balaban J connectivity index is 1.50. The fourth-order valence-corrected chi connectivity index (χ4v) is 3.58. The van der Waals surface area contributed by atoms with Gasteiger partial charge >= 0.3 is 0 Å². The minimum absolute atomic E-state index is 0.0773. The minimum atomic E-state index is -0.142. The van der Waals surface area contributed by atoms with E-state index >= 15 is 0 Å². The highest BCUT2D eigenvalue weighted by atomic mass is 16.2. The van der Waals surface area contributed by atoms with Crippen LogP contribution in [0.3, 0.4) is 0 Å². The SMILES string of the molecule is CC(=O)Nc1ccc(C(=O)N(C)[C@H](C)c2ccc(-n3cnc4ccccc43)cc2)cc1. The normalized spacial score (nSPS) is 11.8. The van der Waals surface area contributed by atoms with Gasteiger partial charge < -0.3 is 10.2 Å². The molecular weight excluding hydrogens is 388 g/mol. The van der Waals surface area contributed by atoms with E-state index in [1.54, 1.807) is 36.2 Å². The second kappa shape index (κ2) is 8.44. The Morgan fingerprint density at radius 1 is 0.968 bits per heavy atom. The van der Waals surface area contributed by atoms with Crippen LogP contribution in [0.25, 0.3) is 16.7 Å². The van der Waals surface area contributed by atoms with Crippen LogP contribution in [-0.4, -0.2) is 33.3 Å². The van der Waals surface area contributed by atoms with E-state index in [9.17, 15) is 9.59 Å². The summed E-state index contributed by atoms with van der Waals surface area (Å²) in [5, 5.41) is 2.71. The molecule has 0 aliphatic rings. The van der Waals surface area contributed by atoms with Crippen molar-refractivity contribution in [2.45, 2.75) is 19.9 Å². The Hall–Kier alpha value is -3.93. The number of imidazole rings is 1. The molecule has 0 bridgehead atoms. The van der Waals surface area contributed by atoms with Crippen LogP contribution in [0.4, 0.5) is 5.69 Å². The topological polar surface area (TPSA) is 67.2 Å². The summed E-state index contributed by atoms with van der Waals surface area (Å²) in [4.78, 5) is 30.2. The van der Waals surface area contributed by atoms with Gasteiger partial charge in [0.05, 0.1) is 17.1 Å². The molecule has 4 rings (SSSR count). The lowest BCUT2D eigenvalue weighted by Gasteiger charge is -2.26. The average molecular weight is 412 g/mol. The summed E-state index contributed by atoms with van der Waals surface area (Å²) in [5.41, 5.74) is 5.31. The van der Waals surface area contributed by atoms with Crippen molar-refractivity contribution in [3.05, 3.63) is 90.3 Å². The van der Waals surface area contributed by atoms with Crippen molar-refractivity contribution in [1.29, 1.82) is 0 Å². The van der Waals surface area contributed by atoms with E-state index in [2.05, 4.69) is 14.9 Å². The van der Waals surface area contributed by atoms with Crippen LogP contribution in [0.1, 0.15) is 35.8 Å². The number of hydrogen-bond donors (Lipinski definition) is 1. The molecule has 0 radical (unpaired) electrons. The molecule has 0 aliphatic heterocycles. The second-order valence-electron chi connectivity index (χ2n) is 7.55. The third-order valence-electron chi connectivity index (χ3n) is 5.46. The summed E-state index contributed by atoms with van der Waals surface area (Å²) in [6, 6.07) is 23.0. The van der Waals surface area contributed by atoms with Crippen LogP contribution in [0.5, 0.6) is 0 Å². The second-order valence-corrected chi connectivity index (χ2v) is 7.55. The van der Waals surface area contributed by atoms with E-state index in [1.807, 2.05) is 61.8 Å². The highest BCUT2D eigenvalue weighted by Crippen LogP contribution is 2.24. The highest BCUT2D eigenvalue weighted by Gasteiger charge is 2.19. The summed E-state index contributed by atoms with van der Waals surface area (Å²) in [7, 11) is 1.80. The Morgan fingerprint density at radius 2 is 1.65 bits per heavy atom. The molecule has 0 saturated carbocycles. The molecule has 6 nitrogen and oxygen atoms in total. The summed E-state index contributed by atoms with van der Waals surface area (Å²) in [6.07, 6.45) is 1.82. The van der Waals surface area contributed by atoms with Crippen LogP contribution in [0.2, 0.25) is 0 Å². The number of aromatic nitrogens is 2. The first-order chi connectivity index (χ1) is 14.9. The number of benzene rings is 3. The van der Waals surface area contributed by atoms with Crippen molar-refractivity contribution in [3.8, 4) is 5.69 Å². The van der Waals surface area contributed by atoms with Gasteiger partial charge in [0.25, 0.3) is 5.91 Å². The first-order valence-corrected chi connectivity index (χ1v) is 10.1. The standard InChI is InChI=1S/C25H24N4O2/c1-17(28(3)25(31)20-8-12-21(13-9-20)27-18(2)30)19-10-14-22(15-11-19)29-16-26-23-6-4-5-7-24(23)29/h4-17H,1-3H3,(H,27,30)/t17-/m1/s1. The molecule has 156 valence electrons. The van der Waals surface area contributed by atoms with Crippen molar-refractivity contribution in [2.75, 3.05) is 12.4 Å². The predicted octanol–water partition coefficient (Wildman–Crippen LogP) is 4.82. The summed E-state index contributed by atoms with van der Waals surface area (Å²) in [6.45, 7) is 3.46. The number of anilines is 1. The fraction of sp³-hybridized carbons (Fsp3) is 0.160. The van der Waals surface area contributed by atoms with Gasteiger partial charge in [-0.15, -0.1) is 0 Å². The van der Waals surface area contributed by atoms with Gasteiger partial charge in [0.15, 0.2) is 0 Å². The molecule has 1 heterocycles. The molecule has 31 heavy (non-hydrogen) atoms. The van der Waals surface area contributed by atoms with Gasteiger partial charge in [-0.2, -0.15) is 0 Å². The zero-order chi connectivity index (χ0) is 22.0. The van der Waals surface area contributed by atoms with Gasteiger partial charge in [-0.3, -0.25) is 14.2 Å². The monoisotopic (exact) mass is 412 g/mol. The third kappa shape index (κ3) is 4.19. The minimum Gasteiger partial charge on any atom is -0.335 e.